The quantitative estimate of drug-likeness (QED) is 0.650. The number of rotatable bonds is 1. The van der Waals surface area contributed by atoms with Gasteiger partial charge >= 0.3 is 0 Å². The highest BCUT2D eigenvalue weighted by molar-refractivity contribution is 6.50. The lowest BCUT2D eigenvalue weighted by Crippen LogP contribution is -1.82. The lowest BCUT2D eigenvalue weighted by Gasteiger charge is -2.03. The third-order valence-electron chi connectivity index (χ3n) is 1.64. The fourth-order valence-corrected chi connectivity index (χ4v) is 1.45. The molecule has 0 amide bonds. The lowest BCUT2D eigenvalue weighted by atomic mass is 10.1. The van der Waals surface area contributed by atoms with Crippen LogP contribution in [0.25, 0.3) is 5.03 Å². The number of hydrogen-bond donors (Lipinski definition) is 0. The average Bonchev–Trinajstić information content (AvgIpc) is 2.10. The summed E-state index contributed by atoms with van der Waals surface area (Å²) >= 11 is 11.8. The molecular weight excluding hydrogens is 205 g/mol. The van der Waals surface area contributed by atoms with Crippen LogP contribution in [0.1, 0.15) is 11.1 Å². The second-order valence-corrected chi connectivity index (χ2v) is 3.34. The maximum Gasteiger partial charge on any atom is 0.0927 e. The lowest BCUT2D eigenvalue weighted by molar-refractivity contribution is 1.45. The van der Waals surface area contributed by atoms with Crippen molar-refractivity contribution in [3.05, 3.63) is 40.4 Å². The Labute approximate surface area is 87.2 Å². The normalized spacial score (nSPS) is 11.1. The zero-order valence-corrected chi connectivity index (χ0v) is 8.52. The van der Waals surface area contributed by atoms with Crippen LogP contribution < -0.4 is 0 Å². The van der Waals surface area contributed by atoms with E-state index in [9.17, 15) is 0 Å². The predicted octanol–water partition coefficient (Wildman–Crippen LogP) is 3.75. The second-order valence-electron chi connectivity index (χ2n) is 2.56. The molecule has 0 heterocycles. The third kappa shape index (κ3) is 2.24. The minimum Gasteiger partial charge on any atom is -0.193 e. The first-order valence-electron chi connectivity index (χ1n) is 3.67. The van der Waals surface area contributed by atoms with E-state index in [1.165, 1.54) is 6.08 Å². The topological polar surface area (TPSA) is 23.8 Å². The van der Waals surface area contributed by atoms with Crippen molar-refractivity contribution in [2.45, 2.75) is 6.92 Å². The first-order valence-corrected chi connectivity index (χ1v) is 4.43. The van der Waals surface area contributed by atoms with Crippen molar-refractivity contribution in [1.82, 2.24) is 0 Å². The highest BCUT2D eigenvalue weighted by Crippen LogP contribution is 2.28. The van der Waals surface area contributed by atoms with Crippen LogP contribution >= 0.6 is 23.2 Å². The predicted molar refractivity (Wildman–Crippen MR) is 55.6 cm³/mol. The molecule has 13 heavy (non-hydrogen) atoms. The van der Waals surface area contributed by atoms with Gasteiger partial charge in [0, 0.05) is 11.6 Å². The fraction of sp³-hybridized carbons (Fsp3) is 0.100. The van der Waals surface area contributed by atoms with E-state index in [1.54, 1.807) is 6.07 Å². The maximum atomic E-state index is 8.40. The van der Waals surface area contributed by atoms with E-state index in [0.717, 1.165) is 5.56 Å². The van der Waals surface area contributed by atoms with Crippen LogP contribution in [-0.2, 0) is 0 Å². The fourth-order valence-electron chi connectivity index (χ4n) is 0.966. The second kappa shape index (κ2) is 4.32. The average molecular weight is 212 g/mol. The number of hydrogen-bond acceptors (Lipinski definition) is 1. The Morgan fingerprint density at radius 2 is 2.23 bits per heavy atom. The molecule has 1 aromatic carbocycles. The molecule has 0 aliphatic heterocycles. The van der Waals surface area contributed by atoms with Gasteiger partial charge in [-0.2, -0.15) is 5.26 Å². The van der Waals surface area contributed by atoms with Crippen LogP contribution in [0.2, 0.25) is 5.02 Å². The van der Waals surface area contributed by atoms with Crippen LogP contribution in [0, 0.1) is 18.3 Å². The summed E-state index contributed by atoms with van der Waals surface area (Å²) in [6, 6.07) is 7.39. The van der Waals surface area contributed by atoms with Crippen LogP contribution in [0.15, 0.2) is 24.3 Å². The van der Waals surface area contributed by atoms with Crippen molar-refractivity contribution < 1.29 is 0 Å². The molecule has 0 atom stereocenters. The Morgan fingerprint density at radius 1 is 1.54 bits per heavy atom. The monoisotopic (exact) mass is 211 g/mol. The molecular formula is C10H7Cl2N. The highest BCUT2D eigenvalue weighted by atomic mass is 35.5. The van der Waals surface area contributed by atoms with E-state index < -0.39 is 0 Å². The number of halogens is 2. The van der Waals surface area contributed by atoms with E-state index >= 15 is 0 Å². The molecule has 1 rings (SSSR count). The Balaban J connectivity index is 3.25. The number of benzene rings is 1. The number of aryl methyl sites for hydroxylation is 1. The first-order chi connectivity index (χ1) is 6.16. The number of nitrogens with zero attached hydrogens (tertiary/aromatic N) is 1. The summed E-state index contributed by atoms with van der Waals surface area (Å²) in [6.45, 7) is 1.89. The molecule has 0 fully saturated rings. The Morgan fingerprint density at radius 3 is 2.85 bits per heavy atom. The van der Waals surface area contributed by atoms with Crippen LogP contribution in [-0.4, -0.2) is 0 Å². The van der Waals surface area contributed by atoms with Gasteiger partial charge in [-0.15, -0.1) is 0 Å². The summed E-state index contributed by atoms with van der Waals surface area (Å²) in [4.78, 5) is 0. The molecule has 66 valence electrons. The molecule has 0 spiro atoms. The van der Waals surface area contributed by atoms with Crippen LogP contribution in [0.5, 0.6) is 0 Å². The molecule has 3 heteroatoms. The van der Waals surface area contributed by atoms with Gasteiger partial charge in [-0.05, 0) is 12.5 Å². The van der Waals surface area contributed by atoms with Crippen molar-refractivity contribution in [3.8, 4) is 6.07 Å². The van der Waals surface area contributed by atoms with Gasteiger partial charge in [0.2, 0.25) is 0 Å². The molecule has 0 bridgehead atoms. The first kappa shape index (κ1) is 10.1. The van der Waals surface area contributed by atoms with Gasteiger partial charge in [0.15, 0.2) is 0 Å². The summed E-state index contributed by atoms with van der Waals surface area (Å²) in [5, 5.41) is 9.37. The largest absolute Gasteiger partial charge is 0.193 e. The zero-order chi connectivity index (χ0) is 9.84. The Hall–Kier alpha value is -0.970. The summed E-state index contributed by atoms with van der Waals surface area (Å²) < 4.78 is 0. The smallest absolute Gasteiger partial charge is 0.0927 e. The minimum atomic E-state index is 0.371. The van der Waals surface area contributed by atoms with E-state index in [1.807, 2.05) is 25.1 Å². The standard InChI is InChI=1S/C10H7Cl2N/c1-7-3-2-4-8(10(7)12)9(11)5-6-13/h2-5H,1H3/b9-5-. The molecule has 0 saturated carbocycles. The molecule has 0 unspecified atom stereocenters. The van der Waals surface area contributed by atoms with Gasteiger partial charge < -0.3 is 0 Å². The van der Waals surface area contributed by atoms with E-state index in [2.05, 4.69) is 0 Å². The van der Waals surface area contributed by atoms with Gasteiger partial charge in [-0.3, -0.25) is 0 Å². The van der Waals surface area contributed by atoms with Crippen molar-refractivity contribution in [1.29, 1.82) is 5.26 Å². The van der Waals surface area contributed by atoms with Crippen molar-refractivity contribution in [2.75, 3.05) is 0 Å². The number of allylic oxidation sites excluding steroid dienone is 1. The van der Waals surface area contributed by atoms with Gasteiger partial charge in [-0.1, -0.05) is 41.4 Å². The van der Waals surface area contributed by atoms with Crippen molar-refractivity contribution in [2.24, 2.45) is 0 Å². The number of nitriles is 1. The highest BCUT2D eigenvalue weighted by Gasteiger charge is 2.05. The molecule has 0 radical (unpaired) electrons. The molecule has 0 aromatic heterocycles. The van der Waals surface area contributed by atoms with Gasteiger partial charge in [-0.25, -0.2) is 0 Å². The summed E-state index contributed by atoms with van der Waals surface area (Å²) in [6.07, 6.45) is 1.27. The van der Waals surface area contributed by atoms with E-state index in [0.29, 0.717) is 15.6 Å². The summed E-state index contributed by atoms with van der Waals surface area (Å²) in [7, 11) is 0. The van der Waals surface area contributed by atoms with E-state index in [4.69, 9.17) is 28.5 Å². The van der Waals surface area contributed by atoms with E-state index in [-0.39, 0.29) is 0 Å². The Kier molecular flexibility index (Phi) is 3.36. The maximum absolute atomic E-state index is 8.40. The molecule has 0 saturated heterocycles. The third-order valence-corrected chi connectivity index (χ3v) is 2.45. The van der Waals surface area contributed by atoms with Gasteiger partial charge in [0.1, 0.15) is 0 Å². The minimum absolute atomic E-state index is 0.371. The summed E-state index contributed by atoms with van der Waals surface area (Å²) in [5.41, 5.74) is 1.65. The molecule has 1 aromatic rings. The Bertz CT molecular complexity index is 388. The molecule has 0 aliphatic carbocycles. The van der Waals surface area contributed by atoms with Crippen LogP contribution in [0.3, 0.4) is 0 Å². The van der Waals surface area contributed by atoms with Gasteiger partial charge in [0.05, 0.1) is 16.1 Å². The zero-order valence-electron chi connectivity index (χ0n) is 7.01. The van der Waals surface area contributed by atoms with Crippen LogP contribution in [0.4, 0.5) is 0 Å². The summed E-state index contributed by atoms with van der Waals surface area (Å²) in [5.74, 6) is 0. The van der Waals surface area contributed by atoms with Crippen molar-refractivity contribution >= 4 is 28.2 Å². The molecule has 0 N–H and O–H groups in total. The SMILES string of the molecule is Cc1cccc(/C(Cl)=C/C#N)c1Cl. The van der Waals surface area contributed by atoms with Gasteiger partial charge in [0.25, 0.3) is 0 Å². The molecule has 1 nitrogen and oxygen atoms in total. The molecule has 0 aliphatic rings. The van der Waals surface area contributed by atoms with Crippen molar-refractivity contribution in [3.63, 3.8) is 0 Å².